The van der Waals surface area contributed by atoms with Gasteiger partial charge in [0.1, 0.15) is 0 Å². The topological polar surface area (TPSA) is 70.2 Å². The quantitative estimate of drug-likeness (QED) is 0.168. The number of amides is 2. The molecule has 190 valence electrons. The van der Waals surface area contributed by atoms with E-state index in [0.717, 1.165) is 18.4 Å². The fraction of sp³-hybridized carbons (Fsp3) is 0.483. The number of thiocarbonyl (C=S) groups is 1. The van der Waals surface area contributed by atoms with Gasteiger partial charge in [-0.15, -0.1) is 0 Å². The fourth-order valence-electron chi connectivity index (χ4n) is 3.96. The van der Waals surface area contributed by atoms with Crippen molar-refractivity contribution in [2.24, 2.45) is 0 Å². The number of hydrogen-bond acceptors (Lipinski definition) is 3. The first kappa shape index (κ1) is 28.5. The Balaban J connectivity index is 1.58. The van der Waals surface area contributed by atoms with Crippen LogP contribution in [-0.2, 0) is 16.0 Å². The lowest BCUT2D eigenvalue weighted by Crippen LogP contribution is -2.33. The second-order valence-corrected chi connectivity index (χ2v) is 9.49. The number of nitrogens with one attached hydrogen (secondary N) is 3. The summed E-state index contributed by atoms with van der Waals surface area (Å²) in [7, 11) is 0. The zero-order valence-electron chi connectivity index (χ0n) is 21.1. The number of hydrogen-bond donors (Lipinski definition) is 3. The second kappa shape index (κ2) is 17.7. The summed E-state index contributed by atoms with van der Waals surface area (Å²) in [6.07, 6.45) is 14.6. The molecule has 0 aliphatic rings. The molecule has 3 N–H and O–H groups in total. The maximum atomic E-state index is 12.3. The van der Waals surface area contributed by atoms with Gasteiger partial charge in [0.25, 0.3) is 0 Å². The summed E-state index contributed by atoms with van der Waals surface area (Å²) in [6, 6.07) is 16.9. The highest BCUT2D eigenvalue weighted by Gasteiger charge is 2.07. The molecule has 0 bridgehead atoms. The van der Waals surface area contributed by atoms with E-state index >= 15 is 0 Å². The van der Waals surface area contributed by atoms with Crippen LogP contribution in [0.1, 0.15) is 89.5 Å². The monoisotopic (exact) mass is 495 g/mol. The van der Waals surface area contributed by atoms with E-state index in [1.54, 1.807) is 6.07 Å². The van der Waals surface area contributed by atoms with Crippen molar-refractivity contribution < 1.29 is 9.59 Å². The van der Waals surface area contributed by atoms with Gasteiger partial charge in [0, 0.05) is 17.8 Å². The van der Waals surface area contributed by atoms with Gasteiger partial charge in [0.05, 0.1) is 6.42 Å². The van der Waals surface area contributed by atoms with E-state index in [0.29, 0.717) is 24.2 Å². The number of unbranched alkanes of at least 4 members (excludes halogenated alkanes) is 10. The molecule has 2 aromatic carbocycles. The maximum Gasteiger partial charge on any atom is 0.228 e. The molecule has 6 heteroatoms. The van der Waals surface area contributed by atoms with Gasteiger partial charge in [-0.25, -0.2) is 0 Å². The maximum absolute atomic E-state index is 12.3. The molecule has 0 fully saturated rings. The molecule has 2 rings (SSSR count). The summed E-state index contributed by atoms with van der Waals surface area (Å²) in [5.74, 6) is -0.151. The van der Waals surface area contributed by atoms with Crippen molar-refractivity contribution >= 4 is 40.5 Å². The molecule has 0 saturated heterocycles. The van der Waals surface area contributed by atoms with Crippen molar-refractivity contribution in [2.45, 2.75) is 90.4 Å². The Labute approximate surface area is 216 Å². The van der Waals surface area contributed by atoms with Crippen LogP contribution < -0.4 is 16.0 Å². The molecule has 0 atom stereocenters. The van der Waals surface area contributed by atoms with Gasteiger partial charge >= 0.3 is 0 Å². The van der Waals surface area contributed by atoms with E-state index in [1.165, 1.54) is 57.8 Å². The highest BCUT2D eigenvalue weighted by atomic mass is 32.1. The van der Waals surface area contributed by atoms with E-state index in [9.17, 15) is 9.59 Å². The highest BCUT2D eigenvalue weighted by Crippen LogP contribution is 2.16. The Morgan fingerprint density at radius 3 is 1.89 bits per heavy atom. The molecular formula is C29H41N3O2S. The van der Waals surface area contributed by atoms with Crippen molar-refractivity contribution in [2.75, 3.05) is 10.6 Å². The molecular weight excluding hydrogens is 454 g/mol. The fourth-order valence-corrected chi connectivity index (χ4v) is 4.19. The normalized spacial score (nSPS) is 10.5. The number of benzene rings is 2. The predicted octanol–water partition coefficient (Wildman–Crippen LogP) is 7.38. The molecule has 0 spiro atoms. The Bertz CT molecular complexity index is 902. The molecule has 0 aliphatic heterocycles. The van der Waals surface area contributed by atoms with E-state index in [2.05, 4.69) is 22.9 Å². The Hall–Kier alpha value is -2.73. The zero-order valence-corrected chi connectivity index (χ0v) is 21.9. The van der Waals surface area contributed by atoms with E-state index in [4.69, 9.17) is 12.2 Å². The minimum absolute atomic E-state index is 0.0641. The third-order valence-electron chi connectivity index (χ3n) is 5.87. The number of anilines is 2. The molecule has 0 radical (unpaired) electrons. The standard InChI is InChI=1S/C29H41N3O2S/c1-2-3-4-5-6-7-8-9-10-11-15-21-27(33)32-29(35)31-26-20-16-19-25(23-26)30-28(34)22-24-17-13-12-14-18-24/h12-14,16-20,23H,2-11,15,21-22H2,1H3,(H,30,34)(H2,31,32,33,35). The molecule has 5 nitrogen and oxygen atoms in total. The van der Waals surface area contributed by atoms with Crippen molar-refractivity contribution in [3.63, 3.8) is 0 Å². The van der Waals surface area contributed by atoms with Crippen molar-refractivity contribution in [3.8, 4) is 0 Å². The number of carbonyl (C=O) groups is 2. The van der Waals surface area contributed by atoms with Crippen LogP contribution in [0.5, 0.6) is 0 Å². The van der Waals surface area contributed by atoms with Crippen molar-refractivity contribution in [1.82, 2.24) is 5.32 Å². The van der Waals surface area contributed by atoms with Crippen LogP contribution in [0.3, 0.4) is 0 Å². The van der Waals surface area contributed by atoms with Crippen LogP contribution in [0.2, 0.25) is 0 Å². The smallest absolute Gasteiger partial charge is 0.228 e. The summed E-state index contributed by atoms with van der Waals surface area (Å²) < 4.78 is 0. The van der Waals surface area contributed by atoms with Gasteiger partial charge in [-0.1, -0.05) is 108 Å². The largest absolute Gasteiger partial charge is 0.332 e. The summed E-state index contributed by atoms with van der Waals surface area (Å²) in [6.45, 7) is 2.25. The lowest BCUT2D eigenvalue weighted by Gasteiger charge is -2.11. The third kappa shape index (κ3) is 13.7. The van der Waals surface area contributed by atoms with Gasteiger partial charge in [0.2, 0.25) is 11.8 Å². The van der Waals surface area contributed by atoms with Gasteiger partial charge in [-0.2, -0.15) is 0 Å². The first-order valence-electron chi connectivity index (χ1n) is 13.1. The summed E-state index contributed by atoms with van der Waals surface area (Å²) in [5, 5.41) is 8.95. The Morgan fingerprint density at radius 2 is 1.26 bits per heavy atom. The van der Waals surface area contributed by atoms with Gasteiger partial charge in [0.15, 0.2) is 5.11 Å². The molecule has 0 aliphatic carbocycles. The Morgan fingerprint density at radius 1 is 0.686 bits per heavy atom. The lowest BCUT2D eigenvalue weighted by molar-refractivity contribution is -0.119. The minimum Gasteiger partial charge on any atom is -0.332 e. The molecule has 2 amide bonds. The summed E-state index contributed by atoms with van der Waals surface area (Å²) in [5.41, 5.74) is 2.34. The average Bonchev–Trinajstić information content (AvgIpc) is 2.83. The summed E-state index contributed by atoms with van der Waals surface area (Å²) >= 11 is 5.29. The van der Waals surface area contributed by atoms with Crippen LogP contribution in [-0.4, -0.2) is 16.9 Å². The van der Waals surface area contributed by atoms with E-state index in [1.807, 2.05) is 48.5 Å². The molecule has 0 aromatic heterocycles. The van der Waals surface area contributed by atoms with Gasteiger partial charge in [-0.05, 0) is 42.4 Å². The second-order valence-electron chi connectivity index (χ2n) is 9.08. The zero-order chi connectivity index (χ0) is 25.1. The van der Waals surface area contributed by atoms with Gasteiger partial charge in [-0.3, -0.25) is 9.59 Å². The SMILES string of the molecule is CCCCCCCCCCCCCC(=O)NC(=S)Nc1cccc(NC(=O)Cc2ccccc2)c1. The Kier molecular flexibility index (Phi) is 14.4. The molecule has 0 heterocycles. The third-order valence-corrected chi connectivity index (χ3v) is 6.08. The van der Waals surface area contributed by atoms with Crippen molar-refractivity contribution in [3.05, 3.63) is 60.2 Å². The highest BCUT2D eigenvalue weighted by molar-refractivity contribution is 7.80. The number of carbonyl (C=O) groups excluding carboxylic acids is 2. The van der Waals surface area contributed by atoms with Crippen molar-refractivity contribution in [1.29, 1.82) is 0 Å². The van der Waals surface area contributed by atoms with Crippen LogP contribution in [0.25, 0.3) is 0 Å². The lowest BCUT2D eigenvalue weighted by atomic mass is 10.1. The number of rotatable bonds is 16. The van der Waals surface area contributed by atoms with Crippen LogP contribution in [0.15, 0.2) is 54.6 Å². The van der Waals surface area contributed by atoms with E-state index in [-0.39, 0.29) is 16.9 Å². The minimum atomic E-state index is -0.0868. The first-order valence-corrected chi connectivity index (χ1v) is 13.5. The van der Waals surface area contributed by atoms with Gasteiger partial charge < -0.3 is 16.0 Å². The average molecular weight is 496 g/mol. The molecule has 35 heavy (non-hydrogen) atoms. The van der Waals surface area contributed by atoms with Crippen LogP contribution in [0, 0.1) is 0 Å². The molecule has 2 aromatic rings. The van der Waals surface area contributed by atoms with E-state index < -0.39 is 0 Å². The molecule has 0 saturated carbocycles. The van der Waals surface area contributed by atoms with Crippen LogP contribution >= 0.6 is 12.2 Å². The van der Waals surface area contributed by atoms with Crippen LogP contribution in [0.4, 0.5) is 11.4 Å². The summed E-state index contributed by atoms with van der Waals surface area (Å²) in [4.78, 5) is 24.5. The predicted molar refractivity (Wildman–Crippen MR) is 151 cm³/mol. The first-order chi connectivity index (χ1) is 17.1. The molecule has 0 unspecified atom stereocenters.